The molecule has 5 nitrogen and oxygen atoms in total. The van der Waals surface area contributed by atoms with Gasteiger partial charge in [-0.3, -0.25) is 9.59 Å². The Labute approximate surface area is 96.4 Å². The van der Waals surface area contributed by atoms with E-state index in [1.54, 1.807) is 0 Å². The lowest BCUT2D eigenvalue weighted by Crippen LogP contribution is -2.53. The fourth-order valence-corrected chi connectivity index (χ4v) is 1.77. The highest BCUT2D eigenvalue weighted by Gasteiger charge is 2.35. The van der Waals surface area contributed by atoms with Crippen molar-refractivity contribution in [1.82, 2.24) is 16.0 Å². The third kappa shape index (κ3) is 3.48. The minimum absolute atomic E-state index is 0.0656. The number of rotatable bonds is 5. The van der Waals surface area contributed by atoms with Crippen molar-refractivity contribution >= 4 is 11.8 Å². The van der Waals surface area contributed by atoms with Crippen molar-refractivity contribution in [3.05, 3.63) is 0 Å². The van der Waals surface area contributed by atoms with Crippen LogP contribution in [0.2, 0.25) is 0 Å². The molecular formula is C11H21N3O2. The molecule has 1 heterocycles. The van der Waals surface area contributed by atoms with Crippen LogP contribution in [-0.2, 0) is 9.59 Å². The second-order valence-corrected chi connectivity index (χ2v) is 4.40. The number of carbonyl (C=O) groups is 2. The van der Waals surface area contributed by atoms with Gasteiger partial charge in [0.05, 0.1) is 12.1 Å². The van der Waals surface area contributed by atoms with Gasteiger partial charge in [0.15, 0.2) is 0 Å². The van der Waals surface area contributed by atoms with Gasteiger partial charge in [-0.05, 0) is 32.7 Å². The van der Waals surface area contributed by atoms with Crippen molar-refractivity contribution in [3.63, 3.8) is 0 Å². The molecule has 0 aromatic heterocycles. The fraction of sp³-hybridized carbons (Fsp3) is 0.818. The van der Waals surface area contributed by atoms with Crippen LogP contribution in [0, 0.1) is 0 Å². The summed E-state index contributed by atoms with van der Waals surface area (Å²) < 4.78 is 0. The average Bonchev–Trinajstić information content (AvgIpc) is 2.71. The molecule has 0 aromatic rings. The smallest absolute Gasteiger partial charge is 0.240 e. The summed E-state index contributed by atoms with van der Waals surface area (Å²) in [5, 5.41) is 8.53. The quantitative estimate of drug-likeness (QED) is 0.607. The Morgan fingerprint density at radius 2 is 2.12 bits per heavy atom. The molecule has 16 heavy (non-hydrogen) atoms. The summed E-state index contributed by atoms with van der Waals surface area (Å²) in [4.78, 5) is 23.1. The molecule has 1 aliphatic rings. The van der Waals surface area contributed by atoms with Gasteiger partial charge in [0.25, 0.3) is 0 Å². The topological polar surface area (TPSA) is 70.2 Å². The second kappa shape index (κ2) is 5.84. The van der Waals surface area contributed by atoms with Crippen molar-refractivity contribution in [2.75, 3.05) is 19.6 Å². The number of nitrogens with one attached hydrogen (secondary N) is 3. The van der Waals surface area contributed by atoms with Gasteiger partial charge in [0.2, 0.25) is 11.8 Å². The molecule has 0 saturated carbocycles. The Hall–Kier alpha value is -1.10. The van der Waals surface area contributed by atoms with Crippen LogP contribution in [-0.4, -0.2) is 37.0 Å². The molecule has 2 amide bonds. The van der Waals surface area contributed by atoms with Crippen LogP contribution in [0.5, 0.6) is 0 Å². The van der Waals surface area contributed by atoms with E-state index < -0.39 is 5.54 Å². The SMILES string of the molecule is CCCNC(=O)CNC(=O)C1(C)CCCN1. The maximum absolute atomic E-state index is 11.8. The van der Waals surface area contributed by atoms with Crippen LogP contribution in [0.15, 0.2) is 0 Å². The summed E-state index contributed by atoms with van der Waals surface area (Å²) in [6.07, 6.45) is 2.74. The van der Waals surface area contributed by atoms with Crippen LogP contribution in [0.3, 0.4) is 0 Å². The van der Waals surface area contributed by atoms with Gasteiger partial charge in [-0.2, -0.15) is 0 Å². The minimum Gasteiger partial charge on any atom is -0.355 e. The van der Waals surface area contributed by atoms with Gasteiger partial charge in [-0.15, -0.1) is 0 Å². The van der Waals surface area contributed by atoms with E-state index in [0.717, 1.165) is 25.8 Å². The number of carbonyl (C=O) groups excluding carboxylic acids is 2. The molecule has 0 radical (unpaired) electrons. The lowest BCUT2D eigenvalue weighted by molar-refractivity contribution is -0.129. The minimum atomic E-state index is -0.495. The van der Waals surface area contributed by atoms with E-state index in [2.05, 4.69) is 16.0 Å². The normalized spacial score (nSPS) is 24.1. The van der Waals surface area contributed by atoms with Crippen molar-refractivity contribution in [2.24, 2.45) is 0 Å². The number of hydrogen-bond acceptors (Lipinski definition) is 3. The molecular weight excluding hydrogens is 206 g/mol. The van der Waals surface area contributed by atoms with E-state index in [-0.39, 0.29) is 18.4 Å². The molecule has 92 valence electrons. The molecule has 1 rings (SSSR count). The van der Waals surface area contributed by atoms with E-state index in [1.807, 2.05) is 13.8 Å². The Kier molecular flexibility index (Phi) is 4.73. The third-order valence-electron chi connectivity index (χ3n) is 2.85. The van der Waals surface area contributed by atoms with E-state index in [0.29, 0.717) is 6.54 Å². The summed E-state index contributed by atoms with van der Waals surface area (Å²) in [6, 6.07) is 0. The van der Waals surface area contributed by atoms with Gasteiger partial charge in [0.1, 0.15) is 0 Å². The summed E-state index contributed by atoms with van der Waals surface area (Å²) in [6.45, 7) is 5.45. The molecule has 1 saturated heterocycles. The number of amides is 2. The zero-order valence-corrected chi connectivity index (χ0v) is 10.1. The average molecular weight is 227 g/mol. The third-order valence-corrected chi connectivity index (χ3v) is 2.85. The van der Waals surface area contributed by atoms with E-state index >= 15 is 0 Å². The predicted octanol–water partition coefficient (Wildman–Crippen LogP) is -0.229. The van der Waals surface area contributed by atoms with Gasteiger partial charge < -0.3 is 16.0 Å². The molecule has 0 aromatic carbocycles. The lowest BCUT2D eigenvalue weighted by Gasteiger charge is -2.22. The van der Waals surface area contributed by atoms with Crippen LogP contribution in [0.4, 0.5) is 0 Å². The summed E-state index contributed by atoms with van der Waals surface area (Å²) >= 11 is 0. The molecule has 1 fully saturated rings. The standard InChI is InChI=1S/C11H21N3O2/c1-3-6-12-9(15)8-13-10(16)11(2)5-4-7-14-11/h14H,3-8H2,1-2H3,(H,12,15)(H,13,16). The first kappa shape index (κ1) is 13.0. The molecule has 0 aliphatic carbocycles. The Morgan fingerprint density at radius 1 is 1.38 bits per heavy atom. The van der Waals surface area contributed by atoms with Gasteiger partial charge in [-0.1, -0.05) is 6.92 Å². The first-order valence-electron chi connectivity index (χ1n) is 5.88. The van der Waals surface area contributed by atoms with Crippen LogP contribution >= 0.6 is 0 Å². The van der Waals surface area contributed by atoms with Crippen LogP contribution in [0.1, 0.15) is 33.1 Å². The largest absolute Gasteiger partial charge is 0.355 e. The Balaban J connectivity index is 2.26. The monoisotopic (exact) mass is 227 g/mol. The zero-order chi connectivity index (χ0) is 12.0. The van der Waals surface area contributed by atoms with Crippen molar-refractivity contribution in [1.29, 1.82) is 0 Å². The molecule has 0 bridgehead atoms. The zero-order valence-electron chi connectivity index (χ0n) is 10.1. The molecule has 1 atom stereocenters. The van der Waals surface area contributed by atoms with E-state index in [9.17, 15) is 9.59 Å². The highest BCUT2D eigenvalue weighted by molar-refractivity contribution is 5.90. The van der Waals surface area contributed by atoms with Crippen LogP contribution < -0.4 is 16.0 Å². The summed E-state index contributed by atoms with van der Waals surface area (Å²) in [7, 11) is 0. The Morgan fingerprint density at radius 3 is 2.69 bits per heavy atom. The molecule has 5 heteroatoms. The summed E-state index contributed by atoms with van der Waals surface area (Å²) in [5.74, 6) is -0.214. The van der Waals surface area contributed by atoms with E-state index in [1.165, 1.54) is 0 Å². The van der Waals surface area contributed by atoms with Crippen molar-refractivity contribution < 1.29 is 9.59 Å². The first-order valence-corrected chi connectivity index (χ1v) is 5.88. The van der Waals surface area contributed by atoms with Gasteiger partial charge >= 0.3 is 0 Å². The van der Waals surface area contributed by atoms with Crippen molar-refractivity contribution in [3.8, 4) is 0 Å². The van der Waals surface area contributed by atoms with Crippen LogP contribution in [0.25, 0.3) is 0 Å². The maximum Gasteiger partial charge on any atom is 0.240 e. The Bertz CT molecular complexity index is 260. The molecule has 0 spiro atoms. The first-order chi connectivity index (χ1) is 7.58. The highest BCUT2D eigenvalue weighted by atomic mass is 16.2. The summed E-state index contributed by atoms with van der Waals surface area (Å²) in [5.41, 5.74) is -0.495. The van der Waals surface area contributed by atoms with Gasteiger partial charge in [-0.25, -0.2) is 0 Å². The van der Waals surface area contributed by atoms with Gasteiger partial charge in [0, 0.05) is 6.54 Å². The maximum atomic E-state index is 11.8. The highest BCUT2D eigenvalue weighted by Crippen LogP contribution is 2.17. The second-order valence-electron chi connectivity index (χ2n) is 4.40. The molecule has 3 N–H and O–H groups in total. The number of hydrogen-bond donors (Lipinski definition) is 3. The molecule has 1 unspecified atom stereocenters. The predicted molar refractivity (Wildman–Crippen MR) is 62.0 cm³/mol. The van der Waals surface area contributed by atoms with E-state index in [4.69, 9.17) is 0 Å². The van der Waals surface area contributed by atoms with Crippen molar-refractivity contribution in [2.45, 2.75) is 38.6 Å². The fourth-order valence-electron chi connectivity index (χ4n) is 1.77. The lowest BCUT2D eigenvalue weighted by atomic mass is 9.99. The molecule has 1 aliphatic heterocycles.